The summed E-state index contributed by atoms with van der Waals surface area (Å²) in [6.45, 7) is 1.80. The summed E-state index contributed by atoms with van der Waals surface area (Å²) in [4.78, 5) is 19.2. The highest BCUT2D eigenvalue weighted by Crippen LogP contribution is 2.36. The zero-order valence-electron chi connectivity index (χ0n) is 16.1. The van der Waals surface area contributed by atoms with Gasteiger partial charge in [-0.25, -0.2) is 4.98 Å². The Balaban J connectivity index is 1.67. The first kappa shape index (κ1) is 21.8. The molecule has 2 heterocycles. The number of alkyl halides is 3. The summed E-state index contributed by atoms with van der Waals surface area (Å²) in [6, 6.07) is 8.02. The predicted octanol–water partition coefficient (Wildman–Crippen LogP) is 3.71. The van der Waals surface area contributed by atoms with Crippen LogP contribution >= 0.6 is 12.2 Å². The topological polar surface area (TPSA) is 71.7 Å². The third-order valence-corrected chi connectivity index (χ3v) is 5.20. The van der Waals surface area contributed by atoms with E-state index in [0.717, 1.165) is 17.8 Å². The molecular weight excluding hydrogens is 421 g/mol. The van der Waals surface area contributed by atoms with Gasteiger partial charge in [0.25, 0.3) is 5.69 Å². The number of benzene rings is 1. The van der Waals surface area contributed by atoms with Crippen LogP contribution in [0.1, 0.15) is 11.3 Å². The standard InChI is InChI=1S/C19H19F3N4O3S/c1-29-17-4-2-3-14(23-17)12-18(30)25-9-7-24(8-10-25)15-6-5-13(19(20,21)22)11-16(15)26(27)28/h2-6,11H,7-10,12H2,1H3. The quantitative estimate of drug-likeness (QED) is 0.399. The number of hydrogen-bond acceptors (Lipinski definition) is 6. The molecule has 0 saturated carbocycles. The van der Waals surface area contributed by atoms with Gasteiger partial charge in [0.2, 0.25) is 5.88 Å². The third-order valence-electron chi connectivity index (χ3n) is 4.80. The van der Waals surface area contributed by atoms with Crippen molar-refractivity contribution in [3.8, 4) is 5.88 Å². The van der Waals surface area contributed by atoms with Crippen LogP contribution in [-0.2, 0) is 12.6 Å². The van der Waals surface area contributed by atoms with E-state index in [9.17, 15) is 23.3 Å². The molecule has 0 spiro atoms. The molecule has 1 saturated heterocycles. The maximum Gasteiger partial charge on any atom is 0.416 e. The van der Waals surface area contributed by atoms with Crippen LogP contribution in [-0.4, -0.2) is 53.1 Å². The molecule has 0 N–H and O–H groups in total. The molecule has 0 bridgehead atoms. The number of halogens is 3. The lowest BCUT2D eigenvalue weighted by atomic mass is 10.1. The highest BCUT2D eigenvalue weighted by molar-refractivity contribution is 7.80. The number of aromatic nitrogens is 1. The van der Waals surface area contributed by atoms with Crippen LogP contribution in [0.4, 0.5) is 24.5 Å². The molecule has 1 aliphatic rings. The number of thiocarbonyl (C=S) groups is 1. The van der Waals surface area contributed by atoms with E-state index in [1.807, 2.05) is 17.0 Å². The fourth-order valence-corrected chi connectivity index (χ4v) is 3.58. The Kier molecular flexibility index (Phi) is 6.40. The lowest BCUT2D eigenvalue weighted by molar-refractivity contribution is -0.384. The maximum atomic E-state index is 12.9. The Morgan fingerprint density at radius 3 is 2.53 bits per heavy atom. The Morgan fingerprint density at radius 1 is 1.23 bits per heavy atom. The summed E-state index contributed by atoms with van der Waals surface area (Å²) in [6.07, 6.45) is -4.19. The van der Waals surface area contributed by atoms with Gasteiger partial charge in [0.1, 0.15) is 5.69 Å². The number of hydrogen-bond donors (Lipinski definition) is 0. The largest absolute Gasteiger partial charge is 0.481 e. The van der Waals surface area contributed by atoms with E-state index in [1.54, 1.807) is 11.0 Å². The van der Waals surface area contributed by atoms with E-state index in [1.165, 1.54) is 7.11 Å². The van der Waals surface area contributed by atoms with Crippen molar-refractivity contribution in [2.24, 2.45) is 0 Å². The van der Waals surface area contributed by atoms with Crippen LogP contribution in [0.15, 0.2) is 36.4 Å². The molecule has 30 heavy (non-hydrogen) atoms. The van der Waals surface area contributed by atoms with Gasteiger partial charge in [-0.05, 0) is 18.2 Å². The van der Waals surface area contributed by atoms with Crippen LogP contribution in [0.2, 0.25) is 0 Å². The van der Waals surface area contributed by atoms with Crippen LogP contribution in [0.25, 0.3) is 0 Å². The zero-order chi connectivity index (χ0) is 21.9. The number of ether oxygens (including phenoxy) is 1. The normalized spacial score (nSPS) is 14.5. The Bertz CT molecular complexity index is 947. The summed E-state index contributed by atoms with van der Waals surface area (Å²) < 4.78 is 43.8. The molecule has 0 radical (unpaired) electrons. The number of pyridine rings is 1. The number of rotatable bonds is 5. The van der Waals surface area contributed by atoms with Gasteiger partial charge in [-0.1, -0.05) is 18.3 Å². The monoisotopic (exact) mass is 440 g/mol. The summed E-state index contributed by atoms with van der Waals surface area (Å²) in [7, 11) is 1.53. The fraction of sp³-hybridized carbons (Fsp3) is 0.368. The van der Waals surface area contributed by atoms with E-state index < -0.39 is 22.4 Å². The number of nitrogens with zero attached hydrogens (tertiary/aromatic N) is 4. The molecule has 160 valence electrons. The molecule has 0 atom stereocenters. The van der Waals surface area contributed by atoms with Crippen molar-refractivity contribution in [3.63, 3.8) is 0 Å². The zero-order valence-corrected chi connectivity index (χ0v) is 16.9. The molecule has 3 rings (SSSR count). The average molecular weight is 440 g/mol. The second-order valence-corrected chi connectivity index (χ2v) is 7.15. The molecule has 7 nitrogen and oxygen atoms in total. The van der Waals surface area contributed by atoms with Gasteiger partial charge in [-0.15, -0.1) is 0 Å². The highest BCUT2D eigenvalue weighted by Gasteiger charge is 2.34. The lowest BCUT2D eigenvalue weighted by Crippen LogP contribution is -2.49. The van der Waals surface area contributed by atoms with E-state index in [0.29, 0.717) is 49.5 Å². The van der Waals surface area contributed by atoms with Gasteiger partial charge in [0.05, 0.1) is 28.3 Å². The summed E-state index contributed by atoms with van der Waals surface area (Å²) in [5.41, 5.74) is -0.654. The van der Waals surface area contributed by atoms with Crippen LogP contribution < -0.4 is 9.64 Å². The molecule has 1 fully saturated rings. The first-order valence-electron chi connectivity index (χ1n) is 9.07. The molecule has 0 amide bonds. The molecular formula is C19H19F3N4O3S. The van der Waals surface area contributed by atoms with Crippen molar-refractivity contribution < 1.29 is 22.8 Å². The van der Waals surface area contributed by atoms with Gasteiger partial charge >= 0.3 is 6.18 Å². The molecule has 0 unspecified atom stereocenters. The first-order chi connectivity index (χ1) is 14.2. The second-order valence-electron chi connectivity index (χ2n) is 6.67. The van der Waals surface area contributed by atoms with Crippen LogP contribution in [0.3, 0.4) is 0 Å². The van der Waals surface area contributed by atoms with Gasteiger partial charge in [0.15, 0.2) is 0 Å². The third kappa shape index (κ3) is 4.96. The number of piperazine rings is 1. The lowest BCUT2D eigenvalue weighted by Gasteiger charge is -2.37. The minimum atomic E-state index is -4.64. The number of anilines is 1. The van der Waals surface area contributed by atoms with Gasteiger partial charge in [-0.3, -0.25) is 10.1 Å². The number of nitro groups is 1. The molecule has 0 aliphatic carbocycles. The summed E-state index contributed by atoms with van der Waals surface area (Å²) in [5.74, 6) is 0.495. The minimum absolute atomic E-state index is 0.174. The van der Waals surface area contributed by atoms with Crippen molar-refractivity contribution in [1.29, 1.82) is 0 Å². The van der Waals surface area contributed by atoms with Gasteiger partial charge in [-0.2, -0.15) is 13.2 Å². The van der Waals surface area contributed by atoms with Crippen molar-refractivity contribution in [2.45, 2.75) is 12.6 Å². The molecule has 1 aromatic heterocycles. The number of methoxy groups -OCH3 is 1. The Labute approximate surface area is 176 Å². The Hall–Kier alpha value is -2.95. The van der Waals surface area contributed by atoms with Crippen LogP contribution in [0, 0.1) is 10.1 Å². The highest BCUT2D eigenvalue weighted by atomic mass is 32.1. The molecule has 2 aromatic rings. The molecule has 11 heteroatoms. The minimum Gasteiger partial charge on any atom is -0.481 e. The fourth-order valence-electron chi connectivity index (χ4n) is 3.25. The van der Waals surface area contributed by atoms with E-state index in [-0.39, 0.29) is 5.69 Å². The average Bonchev–Trinajstić information content (AvgIpc) is 2.73. The maximum absolute atomic E-state index is 12.9. The SMILES string of the molecule is COc1cccc(CC(=S)N2CCN(c3ccc(C(F)(F)F)cc3[N+](=O)[O-])CC2)n1. The van der Waals surface area contributed by atoms with E-state index >= 15 is 0 Å². The van der Waals surface area contributed by atoms with Gasteiger partial charge < -0.3 is 14.5 Å². The summed E-state index contributed by atoms with van der Waals surface area (Å²) >= 11 is 5.51. The van der Waals surface area contributed by atoms with Crippen molar-refractivity contribution in [1.82, 2.24) is 9.88 Å². The Morgan fingerprint density at radius 2 is 1.93 bits per heavy atom. The number of nitro benzene ring substituents is 1. The van der Waals surface area contributed by atoms with Crippen molar-refractivity contribution in [3.05, 3.63) is 57.8 Å². The van der Waals surface area contributed by atoms with Crippen molar-refractivity contribution in [2.75, 3.05) is 38.2 Å². The van der Waals surface area contributed by atoms with Crippen molar-refractivity contribution >= 4 is 28.6 Å². The van der Waals surface area contributed by atoms with E-state index in [2.05, 4.69) is 4.98 Å². The summed E-state index contributed by atoms with van der Waals surface area (Å²) in [5, 5.41) is 11.3. The van der Waals surface area contributed by atoms with Crippen LogP contribution in [0.5, 0.6) is 5.88 Å². The second kappa shape index (κ2) is 8.82. The smallest absolute Gasteiger partial charge is 0.416 e. The molecule has 1 aromatic carbocycles. The predicted molar refractivity (Wildman–Crippen MR) is 109 cm³/mol. The molecule has 1 aliphatic heterocycles. The van der Waals surface area contributed by atoms with Gasteiger partial charge in [0, 0.05) is 44.7 Å². The van der Waals surface area contributed by atoms with E-state index in [4.69, 9.17) is 17.0 Å². The first-order valence-corrected chi connectivity index (χ1v) is 9.48.